The Morgan fingerprint density at radius 2 is 2.08 bits per heavy atom. The highest BCUT2D eigenvalue weighted by molar-refractivity contribution is 5.84. The van der Waals surface area contributed by atoms with E-state index in [1.54, 1.807) is 17.3 Å². The molecular weight excluding hydrogens is 332 g/mol. The van der Waals surface area contributed by atoms with Crippen LogP contribution in [-0.2, 0) is 23.2 Å². The van der Waals surface area contributed by atoms with Crippen LogP contribution >= 0.6 is 0 Å². The summed E-state index contributed by atoms with van der Waals surface area (Å²) >= 11 is 0. The van der Waals surface area contributed by atoms with Crippen molar-refractivity contribution in [3.63, 3.8) is 0 Å². The molecule has 2 atom stereocenters. The first-order valence-electron chi connectivity index (χ1n) is 9.05. The van der Waals surface area contributed by atoms with Crippen molar-refractivity contribution in [1.82, 2.24) is 29.3 Å². The number of imidazole rings is 2. The second-order valence-electron chi connectivity index (χ2n) is 6.62. The van der Waals surface area contributed by atoms with Gasteiger partial charge in [0.15, 0.2) is 0 Å². The summed E-state index contributed by atoms with van der Waals surface area (Å²) < 4.78 is 3.89. The molecule has 0 spiro atoms. The predicted octanol–water partition coefficient (Wildman–Crippen LogP) is 1.04. The van der Waals surface area contributed by atoms with Gasteiger partial charge in [-0.3, -0.25) is 9.59 Å². The number of aromatic nitrogens is 4. The molecule has 1 saturated heterocycles. The van der Waals surface area contributed by atoms with Crippen molar-refractivity contribution in [2.45, 2.75) is 39.3 Å². The van der Waals surface area contributed by atoms with Gasteiger partial charge in [0.2, 0.25) is 11.8 Å². The van der Waals surface area contributed by atoms with E-state index < -0.39 is 0 Å². The van der Waals surface area contributed by atoms with Gasteiger partial charge in [0, 0.05) is 57.9 Å². The van der Waals surface area contributed by atoms with Gasteiger partial charge in [-0.25, -0.2) is 9.97 Å². The average Bonchev–Trinajstić information content (AvgIpc) is 3.22. The maximum absolute atomic E-state index is 12.9. The zero-order valence-corrected chi connectivity index (χ0v) is 15.6. The Morgan fingerprint density at radius 1 is 1.31 bits per heavy atom. The van der Waals surface area contributed by atoms with Crippen LogP contribution in [0.1, 0.15) is 37.5 Å². The molecule has 0 aliphatic carbocycles. The van der Waals surface area contributed by atoms with E-state index >= 15 is 0 Å². The lowest BCUT2D eigenvalue weighted by molar-refractivity contribution is -0.143. The minimum atomic E-state index is -0.323. The molecule has 8 heteroatoms. The van der Waals surface area contributed by atoms with Crippen LogP contribution in [0.5, 0.6) is 0 Å². The lowest BCUT2D eigenvalue weighted by atomic mass is 9.87. The number of aryl methyl sites for hydroxylation is 2. The summed E-state index contributed by atoms with van der Waals surface area (Å²) in [6.07, 6.45) is 8.14. The summed E-state index contributed by atoms with van der Waals surface area (Å²) in [6.45, 7) is 5.64. The molecule has 3 rings (SSSR count). The van der Waals surface area contributed by atoms with Crippen LogP contribution in [0.15, 0.2) is 24.8 Å². The lowest BCUT2D eigenvalue weighted by Gasteiger charge is -2.39. The van der Waals surface area contributed by atoms with E-state index in [1.165, 1.54) is 0 Å². The van der Waals surface area contributed by atoms with E-state index in [2.05, 4.69) is 15.3 Å². The Balaban J connectivity index is 1.73. The fraction of sp³-hybridized carbons (Fsp3) is 0.556. The number of piperidine rings is 1. The second-order valence-corrected chi connectivity index (χ2v) is 6.62. The fourth-order valence-corrected chi connectivity index (χ4v) is 3.65. The summed E-state index contributed by atoms with van der Waals surface area (Å²) in [5.41, 5.74) is 0. The second kappa shape index (κ2) is 7.72. The normalized spacial score (nSPS) is 20.4. The van der Waals surface area contributed by atoms with Crippen LogP contribution in [0.4, 0.5) is 0 Å². The number of hydrogen-bond donors (Lipinski definition) is 1. The Morgan fingerprint density at radius 3 is 2.69 bits per heavy atom. The molecule has 0 aromatic carbocycles. The maximum atomic E-state index is 12.9. The van der Waals surface area contributed by atoms with Crippen molar-refractivity contribution >= 4 is 11.8 Å². The molecule has 1 aliphatic rings. The number of likely N-dealkylation sites (tertiary alicyclic amines) is 1. The van der Waals surface area contributed by atoms with Gasteiger partial charge >= 0.3 is 0 Å². The van der Waals surface area contributed by atoms with Crippen LogP contribution in [0, 0.1) is 12.8 Å². The highest BCUT2D eigenvalue weighted by Gasteiger charge is 2.41. The molecule has 26 heavy (non-hydrogen) atoms. The van der Waals surface area contributed by atoms with Crippen LogP contribution in [0.3, 0.4) is 0 Å². The van der Waals surface area contributed by atoms with Gasteiger partial charge in [0.1, 0.15) is 17.7 Å². The summed E-state index contributed by atoms with van der Waals surface area (Å²) in [7, 11) is 1.89. The average molecular weight is 358 g/mol. The molecule has 3 heterocycles. The van der Waals surface area contributed by atoms with Gasteiger partial charge in [-0.15, -0.1) is 0 Å². The minimum Gasteiger partial charge on any atom is -0.354 e. The third kappa shape index (κ3) is 3.49. The molecule has 0 saturated carbocycles. The van der Waals surface area contributed by atoms with Crippen molar-refractivity contribution in [2.24, 2.45) is 13.0 Å². The van der Waals surface area contributed by atoms with Crippen LogP contribution < -0.4 is 5.32 Å². The smallest absolute Gasteiger partial charge is 0.225 e. The van der Waals surface area contributed by atoms with E-state index in [1.807, 2.05) is 42.4 Å². The molecule has 0 bridgehead atoms. The third-order valence-electron chi connectivity index (χ3n) is 5.08. The summed E-state index contributed by atoms with van der Waals surface area (Å²) in [6, 6.07) is -0.323. The number of hydrogen-bond acceptors (Lipinski definition) is 4. The minimum absolute atomic E-state index is 0.0262. The molecule has 2 amide bonds. The number of nitrogens with zero attached hydrogens (tertiary/aromatic N) is 5. The predicted molar refractivity (Wildman–Crippen MR) is 96.0 cm³/mol. The van der Waals surface area contributed by atoms with E-state index in [9.17, 15) is 9.59 Å². The Labute approximate surface area is 153 Å². The lowest BCUT2D eigenvalue weighted by Crippen LogP contribution is -2.49. The quantitative estimate of drug-likeness (QED) is 0.836. The van der Waals surface area contributed by atoms with E-state index in [0.29, 0.717) is 32.5 Å². The highest BCUT2D eigenvalue weighted by Crippen LogP contribution is 2.35. The number of carbonyl (C=O) groups is 2. The summed E-state index contributed by atoms with van der Waals surface area (Å²) in [5, 5.41) is 3.03. The first-order valence-corrected chi connectivity index (χ1v) is 9.05. The summed E-state index contributed by atoms with van der Waals surface area (Å²) in [5.74, 6) is 1.44. The maximum Gasteiger partial charge on any atom is 0.225 e. The first kappa shape index (κ1) is 18.2. The van der Waals surface area contributed by atoms with Gasteiger partial charge in [-0.05, 0) is 20.3 Å². The Bertz CT molecular complexity index is 780. The largest absolute Gasteiger partial charge is 0.354 e. The van der Waals surface area contributed by atoms with Crippen molar-refractivity contribution in [3.05, 3.63) is 36.4 Å². The molecule has 8 nitrogen and oxygen atoms in total. The van der Waals surface area contributed by atoms with Crippen molar-refractivity contribution in [1.29, 1.82) is 0 Å². The Hall–Kier alpha value is -2.64. The Kier molecular flexibility index (Phi) is 5.39. The van der Waals surface area contributed by atoms with Crippen molar-refractivity contribution < 1.29 is 9.59 Å². The molecule has 1 N–H and O–H groups in total. The van der Waals surface area contributed by atoms with Crippen LogP contribution in [0.25, 0.3) is 0 Å². The van der Waals surface area contributed by atoms with Gasteiger partial charge < -0.3 is 19.4 Å². The first-order chi connectivity index (χ1) is 12.5. The van der Waals surface area contributed by atoms with Crippen molar-refractivity contribution in [3.8, 4) is 0 Å². The number of rotatable bonds is 6. The topological polar surface area (TPSA) is 85.1 Å². The van der Waals surface area contributed by atoms with E-state index in [0.717, 1.165) is 11.6 Å². The van der Waals surface area contributed by atoms with Gasteiger partial charge in [-0.1, -0.05) is 0 Å². The molecular formula is C18H26N6O2. The SMILES string of the molecule is CCN1C(=O)CC[C@H](C(=O)NCCn2ccnc2C)[C@H]1c1nccn1C. The monoisotopic (exact) mass is 358 g/mol. The number of carbonyl (C=O) groups excluding carboxylic acids is 2. The number of amides is 2. The molecule has 1 aliphatic heterocycles. The fourth-order valence-electron chi connectivity index (χ4n) is 3.65. The summed E-state index contributed by atoms with van der Waals surface area (Å²) in [4.78, 5) is 35.6. The van der Waals surface area contributed by atoms with Gasteiger partial charge in [0.05, 0.1) is 5.92 Å². The van der Waals surface area contributed by atoms with Crippen LogP contribution in [-0.4, -0.2) is 48.9 Å². The van der Waals surface area contributed by atoms with E-state index in [4.69, 9.17) is 0 Å². The molecule has 0 radical (unpaired) electrons. The van der Waals surface area contributed by atoms with Crippen molar-refractivity contribution in [2.75, 3.05) is 13.1 Å². The standard InChI is InChI=1S/C18H26N6O2/c1-4-24-15(25)6-5-14(16(24)17-20-7-10-22(17)3)18(26)21-9-12-23-11-8-19-13(23)2/h7-8,10-11,14,16H,4-6,9,12H2,1-3H3,(H,21,26)/t14-,16-/m0/s1. The number of nitrogens with one attached hydrogen (secondary N) is 1. The van der Waals surface area contributed by atoms with Crippen LogP contribution in [0.2, 0.25) is 0 Å². The van der Waals surface area contributed by atoms with Gasteiger partial charge in [0.25, 0.3) is 0 Å². The van der Waals surface area contributed by atoms with E-state index in [-0.39, 0.29) is 23.8 Å². The van der Waals surface area contributed by atoms with Gasteiger partial charge in [-0.2, -0.15) is 0 Å². The molecule has 0 unspecified atom stereocenters. The molecule has 1 fully saturated rings. The third-order valence-corrected chi connectivity index (χ3v) is 5.08. The molecule has 2 aromatic heterocycles. The highest BCUT2D eigenvalue weighted by atomic mass is 16.2. The molecule has 2 aromatic rings. The molecule has 140 valence electrons. The zero-order valence-electron chi connectivity index (χ0n) is 15.6. The zero-order chi connectivity index (χ0) is 18.7.